The molecule has 2 N–H and O–H groups in total. The van der Waals surface area contributed by atoms with Gasteiger partial charge in [0.25, 0.3) is 0 Å². The molecule has 0 aliphatic rings. The molecule has 0 fully saturated rings. The quantitative estimate of drug-likeness (QED) is 0.559. The van der Waals surface area contributed by atoms with Gasteiger partial charge in [-0.2, -0.15) is 0 Å². The molecule has 7 heteroatoms. The molecule has 1 unspecified atom stereocenters. The first-order chi connectivity index (χ1) is 13.1. The van der Waals surface area contributed by atoms with Gasteiger partial charge >= 0.3 is 11.6 Å². The lowest BCUT2D eigenvalue weighted by Crippen LogP contribution is -2.39. The van der Waals surface area contributed by atoms with Crippen LogP contribution in [0, 0.1) is 13.8 Å². The summed E-state index contributed by atoms with van der Waals surface area (Å²) in [4.78, 5) is 35.4. The lowest BCUT2D eigenvalue weighted by Gasteiger charge is -2.13. The van der Waals surface area contributed by atoms with E-state index in [4.69, 9.17) is 14.3 Å². The lowest BCUT2D eigenvalue weighted by atomic mass is 10.0. The van der Waals surface area contributed by atoms with Gasteiger partial charge in [-0.1, -0.05) is 5.57 Å². The largest absolute Gasteiger partial charge is 0.489 e. The van der Waals surface area contributed by atoms with Crippen LogP contribution in [0.5, 0.6) is 5.75 Å². The minimum atomic E-state index is -1.15. The predicted octanol–water partition coefficient (Wildman–Crippen LogP) is 2.89. The van der Waals surface area contributed by atoms with Crippen molar-refractivity contribution >= 4 is 22.8 Å². The number of amides is 1. The summed E-state index contributed by atoms with van der Waals surface area (Å²) in [6, 6.07) is 2.56. The van der Waals surface area contributed by atoms with E-state index in [1.807, 2.05) is 26.8 Å². The van der Waals surface area contributed by atoms with Crippen LogP contribution < -0.4 is 15.7 Å². The number of carboxylic acid groups (broad SMARTS) is 1. The maximum absolute atomic E-state index is 12.5. The zero-order chi connectivity index (χ0) is 21.0. The third-order valence-corrected chi connectivity index (χ3v) is 4.47. The maximum Gasteiger partial charge on any atom is 0.340 e. The van der Waals surface area contributed by atoms with E-state index in [2.05, 4.69) is 5.32 Å². The van der Waals surface area contributed by atoms with Gasteiger partial charge in [-0.25, -0.2) is 4.79 Å². The highest BCUT2D eigenvalue weighted by Crippen LogP contribution is 2.29. The molecule has 150 valence electrons. The Bertz CT molecular complexity index is 998. The highest BCUT2D eigenvalue weighted by Gasteiger charge is 2.20. The first-order valence-corrected chi connectivity index (χ1v) is 8.96. The first kappa shape index (κ1) is 21.2. The summed E-state index contributed by atoms with van der Waals surface area (Å²) >= 11 is 0. The van der Waals surface area contributed by atoms with E-state index in [-0.39, 0.29) is 12.0 Å². The number of nitrogens with one attached hydrogen (secondary N) is 1. The zero-order valence-corrected chi connectivity index (χ0v) is 16.7. The molecule has 0 radical (unpaired) electrons. The molecule has 1 heterocycles. The summed E-state index contributed by atoms with van der Waals surface area (Å²) in [5, 5.41) is 11.9. The molecule has 0 spiro atoms. The first-order valence-electron chi connectivity index (χ1n) is 8.96. The molecular weight excluding hydrogens is 362 g/mol. The van der Waals surface area contributed by atoms with Crippen molar-refractivity contribution in [1.29, 1.82) is 0 Å². The van der Waals surface area contributed by atoms with E-state index in [1.165, 1.54) is 6.92 Å². The Kier molecular flexibility index (Phi) is 6.62. The number of aliphatic carboxylic acids is 1. The number of ether oxygens (including phenoxy) is 1. The van der Waals surface area contributed by atoms with Crippen LogP contribution in [0.4, 0.5) is 0 Å². The number of allylic oxidation sites excluding steroid dienone is 1. The fourth-order valence-electron chi connectivity index (χ4n) is 2.74. The smallest absolute Gasteiger partial charge is 0.340 e. The van der Waals surface area contributed by atoms with Gasteiger partial charge in [0.05, 0.1) is 12.0 Å². The lowest BCUT2D eigenvalue weighted by molar-refractivity contribution is -0.141. The summed E-state index contributed by atoms with van der Waals surface area (Å²) in [5.41, 5.74) is 2.48. The van der Waals surface area contributed by atoms with Gasteiger partial charge in [0.15, 0.2) is 0 Å². The molecule has 1 atom stereocenters. The molecule has 1 amide bonds. The summed E-state index contributed by atoms with van der Waals surface area (Å²) in [6.07, 6.45) is 1.70. The standard InChI is InChI=1S/C21H25NO6/c1-11(2)8-9-27-17-7-6-15-12(3)16(21(26)28-19(15)13(17)4)10-18(23)22-14(5)20(24)25/h6-8,14H,9-10H2,1-5H3,(H,22,23)(H,24,25). The Morgan fingerprint density at radius 1 is 1.25 bits per heavy atom. The Morgan fingerprint density at radius 2 is 1.93 bits per heavy atom. The third kappa shape index (κ3) is 4.79. The number of hydrogen-bond acceptors (Lipinski definition) is 5. The number of fused-ring (bicyclic) bond motifs is 1. The van der Waals surface area contributed by atoms with Gasteiger partial charge < -0.3 is 19.6 Å². The zero-order valence-electron chi connectivity index (χ0n) is 16.7. The van der Waals surface area contributed by atoms with E-state index < -0.39 is 23.5 Å². The molecule has 28 heavy (non-hydrogen) atoms. The molecule has 2 aromatic rings. The van der Waals surface area contributed by atoms with Crippen LogP contribution in [-0.2, 0) is 16.0 Å². The van der Waals surface area contributed by atoms with Gasteiger partial charge in [-0.15, -0.1) is 0 Å². The second kappa shape index (κ2) is 8.73. The fourth-order valence-corrected chi connectivity index (χ4v) is 2.74. The Morgan fingerprint density at radius 3 is 2.54 bits per heavy atom. The van der Waals surface area contributed by atoms with E-state index in [0.29, 0.717) is 34.5 Å². The van der Waals surface area contributed by atoms with Crippen LogP contribution in [0.1, 0.15) is 37.5 Å². The van der Waals surface area contributed by atoms with Gasteiger partial charge in [0.1, 0.15) is 24.0 Å². The van der Waals surface area contributed by atoms with Crippen molar-refractivity contribution in [1.82, 2.24) is 5.32 Å². The van der Waals surface area contributed by atoms with E-state index in [0.717, 1.165) is 5.57 Å². The number of hydrogen-bond donors (Lipinski definition) is 2. The Balaban J connectivity index is 2.36. The molecule has 0 saturated carbocycles. The van der Waals surface area contributed by atoms with Crippen LogP contribution in [0.15, 0.2) is 33.0 Å². The van der Waals surface area contributed by atoms with Crippen molar-refractivity contribution in [2.75, 3.05) is 6.61 Å². The van der Waals surface area contributed by atoms with Crippen LogP contribution in [0.2, 0.25) is 0 Å². The van der Waals surface area contributed by atoms with Gasteiger partial charge in [-0.3, -0.25) is 9.59 Å². The summed E-state index contributed by atoms with van der Waals surface area (Å²) < 4.78 is 11.2. The van der Waals surface area contributed by atoms with Gasteiger partial charge in [-0.05, 0) is 58.4 Å². The minimum Gasteiger partial charge on any atom is -0.489 e. The van der Waals surface area contributed by atoms with Crippen molar-refractivity contribution in [3.63, 3.8) is 0 Å². The van der Waals surface area contributed by atoms with Crippen molar-refractivity contribution < 1.29 is 23.8 Å². The number of carbonyl (C=O) groups is 2. The Labute approximate surface area is 163 Å². The molecule has 2 rings (SSSR count). The van der Waals surface area contributed by atoms with E-state index in [1.54, 1.807) is 19.1 Å². The average Bonchev–Trinajstić information content (AvgIpc) is 2.60. The number of carboxylic acids is 1. The highest BCUT2D eigenvalue weighted by atomic mass is 16.5. The van der Waals surface area contributed by atoms with Crippen LogP contribution in [0.25, 0.3) is 11.0 Å². The van der Waals surface area contributed by atoms with Crippen LogP contribution in [-0.4, -0.2) is 29.6 Å². The summed E-state index contributed by atoms with van der Waals surface area (Å²) in [6.45, 7) is 9.28. The molecule has 0 aliphatic carbocycles. The SMILES string of the molecule is CC(C)=CCOc1ccc2c(C)c(CC(=O)NC(C)C(=O)O)c(=O)oc2c1C. The topological polar surface area (TPSA) is 106 Å². The molecule has 0 saturated heterocycles. The normalized spacial score (nSPS) is 11.8. The number of aryl methyl sites for hydroxylation is 2. The summed E-state index contributed by atoms with van der Waals surface area (Å²) in [7, 11) is 0. The predicted molar refractivity (Wildman–Crippen MR) is 106 cm³/mol. The average molecular weight is 387 g/mol. The molecular formula is C21H25NO6. The van der Waals surface area contributed by atoms with Crippen LogP contribution >= 0.6 is 0 Å². The van der Waals surface area contributed by atoms with Gasteiger partial charge in [0.2, 0.25) is 5.91 Å². The second-order valence-corrected chi connectivity index (χ2v) is 6.96. The van der Waals surface area contributed by atoms with Crippen LogP contribution in [0.3, 0.4) is 0 Å². The number of carbonyl (C=O) groups excluding carboxylic acids is 1. The minimum absolute atomic E-state index is 0.209. The maximum atomic E-state index is 12.5. The van der Waals surface area contributed by atoms with Crippen molar-refractivity contribution in [2.24, 2.45) is 0 Å². The van der Waals surface area contributed by atoms with Crippen molar-refractivity contribution in [3.05, 3.63) is 50.9 Å². The van der Waals surface area contributed by atoms with Gasteiger partial charge in [0, 0.05) is 10.9 Å². The molecule has 0 aliphatic heterocycles. The Hall–Kier alpha value is -3.09. The molecule has 0 bridgehead atoms. The molecule has 1 aromatic carbocycles. The monoisotopic (exact) mass is 387 g/mol. The molecule has 1 aromatic heterocycles. The van der Waals surface area contributed by atoms with Crippen molar-refractivity contribution in [2.45, 2.75) is 47.1 Å². The number of benzene rings is 1. The summed E-state index contributed by atoms with van der Waals surface area (Å²) in [5.74, 6) is -1.08. The highest BCUT2D eigenvalue weighted by molar-refractivity contribution is 5.88. The van der Waals surface area contributed by atoms with E-state index >= 15 is 0 Å². The van der Waals surface area contributed by atoms with Crippen molar-refractivity contribution in [3.8, 4) is 5.75 Å². The third-order valence-electron chi connectivity index (χ3n) is 4.47. The fraction of sp³-hybridized carbons (Fsp3) is 0.381. The second-order valence-electron chi connectivity index (χ2n) is 6.96. The van der Waals surface area contributed by atoms with E-state index in [9.17, 15) is 14.4 Å². The molecule has 7 nitrogen and oxygen atoms in total. The number of rotatable bonds is 7.